The molecular weight excluding hydrogens is 222 g/mol. The molecule has 0 aliphatic rings. The summed E-state index contributed by atoms with van der Waals surface area (Å²) in [5, 5.41) is 16.2. The van der Waals surface area contributed by atoms with Crippen molar-refractivity contribution in [2.75, 3.05) is 18.9 Å². The molecule has 0 heterocycles. The molecule has 0 aromatic heterocycles. The molecule has 1 amide bonds. The molecular formula is C11H15N3O3. The summed E-state index contributed by atoms with van der Waals surface area (Å²) in [6, 6.07) is 6.10. The van der Waals surface area contributed by atoms with E-state index in [0.717, 1.165) is 6.54 Å². The molecule has 1 rings (SSSR count). The number of amides is 1. The Morgan fingerprint density at radius 3 is 2.76 bits per heavy atom. The van der Waals surface area contributed by atoms with Crippen LogP contribution in [0.2, 0.25) is 0 Å². The van der Waals surface area contributed by atoms with Crippen LogP contribution in [0.3, 0.4) is 0 Å². The highest BCUT2D eigenvalue weighted by molar-refractivity contribution is 5.92. The molecule has 2 N–H and O–H groups in total. The highest BCUT2D eigenvalue weighted by Crippen LogP contribution is 2.23. The van der Waals surface area contributed by atoms with Crippen LogP contribution in [-0.2, 0) is 4.79 Å². The number of hydrogen-bond acceptors (Lipinski definition) is 4. The van der Waals surface area contributed by atoms with Crippen LogP contribution in [0.25, 0.3) is 0 Å². The average molecular weight is 237 g/mol. The molecule has 0 fully saturated rings. The summed E-state index contributed by atoms with van der Waals surface area (Å²) >= 11 is 0. The van der Waals surface area contributed by atoms with Gasteiger partial charge in [0.15, 0.2) is 0 Å². The zero-order chi connectivity index (χ0) is 12.7. The Kier molecular flexibility index (Phi) is 5.09. The molecule has 17 heavy (non-hydrogen) atoms. The van der Waals surface area contributed by atoms with Crippen molar-refractivity contribution in [1.29, 1.82) is 0 Å². The van der Waals surface area contributed by atoms with E-state index in [2.05, 4.69) is 10.6 Å². The summed E-state index contributed by atoms with van der Waals surface area (Å²) in [5.74, 6) is -0.213. The third-order valence-corrected chi connectivity index (χ3v) is 2.21. The number of nitrogens with one attached hydrogen (secondary N) is 2. The summed E-state index contributed by atoms with van der Waals surface area (Å²) in [4.78, 5) is 21.7. The van der Waals surface area contributed by atoms with Gasteiger partial charge in [-0.3, -0.25) is 14.9 Å². The van der Waals surface area contributed by atoms with Crippen molar-refractivity contribution in [3.05, 3.63) is 34.4 Å². The van der Waals surface area contributed by atoms with E-state index < -0.39 is 4.92 Å². The Labute approximate surface area is 99.2 Å². The lowest BCUT2D eigenvalue weighted by Gasteiger charge is -2.05. The SMILES string of the molecule is CNCCCC(=O)Nc1ccccc1[N+](=O)[O-]. The Morgan fingerprint density at radius 2 is 2.12 bits per heavy atom. The van der Waals surface area contributed by atoms with E-state index in [1.165, 1.54) is 12.1 Å². The third kappa shape index (κ3) is 4.20. The topological polar surface area (TPSA) is 84.3 Å². The number of nitro groups is 1. The number of hydrogen-bond donors (Lipinski definition) is 2. The zero-order valence-corrected chi connectivity index (χ0v) is 9.60. The molecule has 6 heteroatoms. The molecule has 6 nitrogen and oxygen atoms in total. The smallest absolute Gasteiger partial charge is 0.292 e. The molecule has 0 atom stereocenters. The molecule has 0 aliphatic heterocycles. The number of anilines is 1. The van der Waals surface area contributed by atoms with Crippen LogP contribution in [-0.4, -0.2) is 24.4 Å². The molecule has 0 saturated heterocycles. The minimum absolute atomic E-state index is 0.0885. The molecule has 0 saturated carbocycles. The van der Waals surface area contributed by atoms with Gasteiger partial charge in [-0.15, -0.1) is 0 Å². The number of nitro benzene ring substituents is 1. The van der Waals surface area contributed by atoms with Gasteiger partial charge < -0.3 is 10.6 Å². The van der Waals surface area contributed by atoms with Crippen molar-refractivity contribution in [2.24, 2.45) is 0 Å². The first-order chi connectivity index (χ1) is 8.15. The molecule has 0 spiro atoms. The summed E-state index contributed by atoms with van der Waals surface area (Å²) < 4.78 is 0. The van der Waals surface area contributed by atoms with Gasteiger partial charge in [-0.25, -0.2) is 0 Å². The Balaban J connectivity index is 2.61. The number of carbonyl (C=O) groups is 1. The van der Waals surface area contributed by atoms with E-state index >= 15 is 0 Å². The number of para-hydroxylation sites is 2. The predicted molar refractivity (Wildman–Crippen MR) is 64.9 cm³/mol. The number of rotatable bonds is 6. The van der Waals surface area contributed by atoms with Gasteiger partial charge in [0.05, 0.1) is 4.92 Å². The summed E-state index contributed by atoms with van der Waals surface area (Å²) in [6.07, 6.45) is 1.04. The van der Waals surface area contributed by atoms with Gasteiger partial charge in [-0.1, -0.05) is 12.1 Å². The van der Waals surface area contributed by atoms with E-state index in [-0.39, 0.29) is 17.3 Å². The van der Waals surface area contributed by atoms with Crippen LogP contribution in [0.5, 0.6) is 0 Å². The molecule has 0 radical (unpaired) electrons. The Bertz CT molecular complexity index is 407. The molecule has 1 aromatic carbocycles. The molecule has 0 bridgehead atoms. The molecule has 92 valence electrons. The van der Waals surface area contributed by atoms with E-state index in [9.17, 15) is 14.9 Å². The standard InChI is InChI=1S/C11H15N3O3/c1-12-8-4-7-11(15)13-9-5-2-3-6-10(9)14(16)17/h2-3,5-6,12H,4,7-8H2,1H3,(H,13,15). The van der Waals surface area contributed by atoms with Crippen molar-refractivity contribution in [2.45, 2.75) is 12.8 Å². The maximum Gasteiger partial charge on any atom is 0.292 e. The number of carbonyl (C=O) groups excluding carboxylic acids is 1. The lowest BCUT2D eigenvalue weighted by Crippen LogP contribution is -2.15. The Morgan fingerprint density at radius 1 is 1.41 bits per heavy atom. The van der Waals surface area contributed by atoms with Gasteiger partial charge in [0, 0.05) is 12.5 Å². The number of benzene rings is 1. The highest BCUT2D eigenvalue weighted by atomic mass is 16.6. The van der Waals surface area contributed by atoms with Crippen molar-refractivity contribution >= 4 is 17.3 Å². The Hall–Kier alpha value is -1.95. The van der Waals surface area contributed by atoms with E-state index in [1.54, 1.807) is 19.2 Å². The monoisotopic (exact) mass is 237 g/mol. The average Bonchev–Trinajstić information content (AvgIpc) is 2.29. The second kappa shape index (κ2) is 6.59. The third-order valence-electron chi connectivity index (χ3n) is 2.21. The van der Waals surface area contributed by atoms with Gasteiger partial charge in [0.2, 0.25) is 5.91 Å². The minimum atomic E-state index is -0.511. The zero-order valence-electron chi connectivity index (χ0n) is 9.60. The maximum atomic E-state index is 11.5. The van der Waals surface area contributed by atoms with E-state index in [1.807, 2.05) is 0 Å². The first-order valence-electron chi connectivity index (χ1n) is 5.33. The van der Waals surface area contributed by atoms with Crippen LogP contribution in [0.15, 0.2) is 24.3 Å². The van der Waals surface area contributed by atoms with Crippen molar-refractivity contribution in [3.8, 4) is 0 Å². The van der Waals surface area contributed by atoms with E-state index in [4.69, 9.17) is 0 Å². The van der Waals surface area contributed by atoms with Crippen molar-refractivity contribution in [1.82, 2.24) is 5.32 Å². The molecule has 0 unspecified atom stereocenters. The first-order valence-corrected chi connectivity index (χ1v) is 5.33. The lowest BCUT2D eigenvalue weighted by atomic mass is 10.2. The maximum absolute atomic E-state index is 11.5. The second-order valence-electron chi connectivity index (χ2n) is 3.53. The van der Waals surface area contributed by atoms with Gasteiger partial charge in [-0.2, -0.15) is 0 Å². The van der Waals surface area contributed by atoms with Crippen LogP contribution in [0.1, 0.15) is 12.8 Å². The first kappa shape index (κ1) is 13.1. The summed E-state index contributed by atoms with van der Waals surface area (Å²) in [6.45, 7) is 0.740. The minimum Gasteiger partial charge on any atom is -0.320 e. The quantitative estimate of drug-likeness (QED) is 0.446. The fourth-order valence-corrected chi connectivity index (χ4v) is 1.38. The predicted octanol–water partition coefficient (Wildman–Crippen LogP) is 1.53. The van der Waals surface area contributed by atoms with Crippen molar-refractivity contribution < 1.29 is 9.72 Å². The molecule has 1 aromatic rings. The normalized spacial score (nSPS) is 9.94. The second-order valence-corrected chi connectivity index (χ2v) is 3.53. The van der Waals surface area contributed by atoms with Gasteiger partial charge in [0.25, 0.3) is 5.69 Å². The van der Waals surface area contributed by atoms with E-state index in [0.29, 0.717) is 12.8 Å². The van der Waals surface area contributed by atoms with Crippen LogP contribution in [0, 0.1) is 10.1 Å². The number of nitrogens with zero attached hydrogens (tertiary/aromatic N) is 1. The lowest BCUT2D eigenvalue weighted by molar-refractivity contribution is -0.383. The summed E-state index contributed by atoms with van der Waals surface area (Å²) in [7, 11) is 1.81. The van der Waals surface area contributed by atoms with Gasteiger partial charge in [-0.05, 0) is 26.1 Å². The molecule has 0 aliphatic carbocycles. The largest absolute Gasteiger partial charge is 0.320 e. The van der Waals surface area contributed by atoms with Crippen LogP contribution in [0.4, 0.5) is 11.4 Å². The van der Waals surface area contributed by atoms with Gasteiger partial charge >= 0.3 is 0 Å². The highest BCUT2D eigenvalue weighted by Gasteiger charge is 2.14. The fourth-order valence-electron chi connectivity index (χ4n) is 1.38. The summed E-state index contributed by atoms with van der Waals surface area (Å²) in [5.41, 5.74) is 0.154. The fraction of sp³-hybridized carbons (Fsp3) is 0.364. The van der Waals surface area contributed by atoms with Crippen molar-refractivity contribution in [3.63, 3.8) is 0 Å². The van der Waals surface area contributed by atoms with Crippen LogP contribution < -0.4 is 10.6 Å². The van der Waals surface area contributed by atoms with Crippen LogP contribution >= 0.6 is 0 Å². The van der Waals surface area contributed by atoms with Gasteiger partial charge in [0.1, 0.15) is 5.69 Å².